The monoisotopic (exact) mass is 329 g/mol. The molecule has 0 saturated carbocycles. The average molecular weight is 329 g/mol. The highest BCUT2D eigenvalue weighted by Gasteiger charge is 2.14. The van der Waals surface area contributed by atoms with Crippen molar-refractivity contribution >= 4 is 17.3 Å². The fourth-order valence-corrected chi connectivity index (χ4v) is 1.82. The van der Waals surface area contributed by atoms with Crippen LogP contribution in [0, 0.1) is 10.1 Å². The van der Waals surface area contributed by atoms with Gasteiger partial charge in [0.2, 0.25) is 0 Å². The molecule has 0 bridgehead atoms. The molecule has 0 aliphatic rings. The van der Waals surface area contributed by atoms with Crippen LogP contribution in [0.5, 0.6) is 11.5 Å². The van der Waals surface area contributed by atoms with Gasteiger partial charge in [-0.1, -0.05) is 12.1 Å². The molecule has 24 heavy (non-hydrogen) atoms. The number of carbonyl (C=O) groups excluding carboxylic acids is 1. The zero-order chi connectivity index (χ0) is 17.5. The van der Waals surface area contributed by atoms with Crippen LogP contribution < -0.4 is 10.2 Å². The van der Waals surface area contributed by atoms with Crippen molar-refractivity contribution in [2.24, 2.45) is 5.10 Å². The Bertz CT molecular complexity index is 772. The van der Waals surface area contributed by atoms with Gasteiger partial charge in [-0.25, -0.2) is 5.43 Å². The number of hydrazone groups is 1. The SMILES string of the molecule is C/C(=N\NC(=O)COc1ccccc1[N+](=O)[O-])c1ccc(O)cc1. The first-order chi connectivity index (χ1) is 11.5. The van der Waals surface area contributed by atoms with Gasteiger partial charge in [0.05, 0.1) is 10.6 Å². The van der Waals surface area contributed by atoms with E-state index in [1.165, 1.54) is 30.3 Å². The Morgan fingerprint density at radius 2 is 1.92 bits per heavy atom. The van der Waals surface area contributed by atoms with Crippen LogP contribution in [0.15, 0.2) is 53.6 Å². The van der Waals surface area contributed by atoms with Crippen molar-refractivity contribution in [1.82, 2.24) is 5.43 Å². The molecule has 2 rings (SSSR count). The first-order valence-corrected chi connectivity index (χ1v) is 6.96. The van der Waals surface area contributed by atoms with Crippen molar-refractivity contribution in [3.8, 4) is 11.5 Å². The molecule has 2 aromatic rings. The summed E-state index contributed by atoms with van der Waals surface area (Å²) in [5.74, 6) is -0.406. The van der Waals surface area contributed by atoms with Crippen LogP contribution in [0.4, 0.5) is 5.69 Å². The number of carbonyl (C=O) groups is 1. The van der Waals surface area contributed by atoms with Gasteiger partial charge in [-0.2, -0.15) is 5.10 Å². The van der Waals surface area contributed by atoms with E-state index in [0.717, 1.165) is 5.56 Å². The number of phenols is 1. The standard InChI is InChI=1S/C16H15N3O5/c1-11(12-6-8-13(20)9-7-12)17-18-16(21)10-24-15-5-3-2-4-14(15)19(22)23/h2-9,20H,10H2,1H3,(H,18,21)/b17-11+. The van der Waals surface area contributed by atoms with Gasteiger partial charge in [-0.05, 0) is 42.8 Å². The summed E-state index contributed by atoms with van der Waals surface area (Å²) in [5.41, 5.74) is 3.36. The number of nitro benzene ring substituents is 1. The number of hydrogen-bond acceptors (Lipinski definition) is 6. The van der Waals surface area contributed by atoms with Crippen molar-refractivity contribution in [1.29, 1.82) is 0 Å². The fraction of sp³-hybridized carbons (Fsp3) is 0.125. The molecule has 0 spiro atoms. The Labute approximate surface area is 137 Å². The Morgan fingerprint density at radius 3 is 2.58 bits per heavy atom. The number of phenolic OH excluding ortho intramolecular Hbond substituents is 1. The van der Waals surface area contributed by atoms with Gasteiger partial charge >= 0.3 is 5.69 Å². The minimum absolute atomic E-state index is 0.0110. The Balaban J connectivity index is 1.93. The maximum Gasteiger partial charge on any atom is 0.310 e. The minimum atomic E-state index is -0.583. The molecule has 0 radical (unpaired) electrons. The lowest BCUT2D eigenvalue weighted by atomic mass is 10.1. The van der Waals surface area contributed by atoms with E-state index in [9.17, 15) is 20.0 Å². The number of nitrogens with zero attached hydrogens (tertiary/aromatic N) is 2. The van der Waals surface area contributed by atoms with Crippen LogP contribution in [-0.2, 0) is 4.79 Å². The van der Waals surface area contributed by atoms with Gasteiger partial charge in [0, 0.05) is 6.07 Å². The van der Waals surface area contributed by atoms with Crippen LogP contribution >= 0.6 is 0 Å². The summed E-state index contributed by atoms with van der Waals surface area (Å²) in [7, 11) is 0. The molecule has 8 heteroatoms. The molecule has 0 unspecified atom stereocenters. The Kier molecular flexibility index (Phi) is 5.45. The third-order valence-electron chi connectivity index (χ3n) is 3.05. The molecule has 124 valence electrons. The summed E-state index contributed by atoms with van der Waals surface area (Å²) in [5, 5.41) is 24.0. The summed E-state index contributed by atoms with van der Waals surface area (Å²) in [6.45, 7) is 1.28. The van der Waals surface area contributed by atoms with Gasteiger partial charge in [0.15, 0.2) is 12.4 Å². The van der Waals surface area contributed by atoms with Gasteiger partial charge in [0.25, 0.3) is 5.91 Å². The lowest BCUT2D eigenvalue weighted by Crippen LogP contribution is -2.25. The van der Waals surface area contributed by atoms with E-state index in [1.54, 1.807) is 25.1 Å². The molecule has 1 amide bonds. The van der Waals surface area contributed by atoms with E-state index in [0.29, 0.717) is 5.71 Å². The van der Waals surface area contributed by atoms with Crippen LogP contribution in [-0.4, -0.2) is 28.3 Å². The molecule has 0 saturated heterocycles. The number of aromatic hydroxyl groups is 1. The number of nitro groups is 1. The summed E-state index contributed by atoms with van der Waals surface area (Å²) < 4.78 is 5.16. The summed E-state index contributed by atoms with van der Waals surface area (Å²) in [6.07, 6.45) is 0. The van der Waals surface area contributed by atoms with E-state index in [4.69, 9.17) is 4.74 Å². The van der Waals surface area contributed by atoms with E-state index >= 15 is 0 Å². The zero-order valence-electron chi connectivity index (χ0n) is 12.8. The lowest BCUT2D eigenvalue weighted by Gasteiger charge is -2.06. The number of amides is 1. The number of ether oxygens (including phenoxy) is 1. The predicted molar refractivity (Wildman–Crippen MR) is 87.1 cm³/mol. The lowest BCUT2D eigenvalue weighted by molar-refractivity contribution is -0.385. The van der Waals surface area contributed by atoms with Crippen molar-refractivity contribution in [2.75, 3.05) is 6.61 Å². The third kappa shape index (κ3) is 4.54. The summed E-state index contributed by atoms with van der Waals surface area (Å²) in [6, 6.07) is 12.1. The molecule has 2 aromatic carbocycles. The van der Waals surface area contributed by atoms with E-state index in [2.05, 4.69) is 10.5 Å². The van der Waals surface area contributed by atoms with Crippen molar-refractivity contribution in [2.45, 2.75) is 6.92 Å². The molecule has 2 N–H and O–H groups in total. The zero-order valence-corrected chi connectivity index (χ0v) is 12.8. The molecule has 0 aliphatic carbocycles. The van der Waals surface area contributed by atoms with Gasteiger partial charge in [0.1, 0.15) is 5.75 Å². The molecule has 0 fully saturated rings. The van der Waals surface area contributed by atoms with Crippen molar-refractivity contribution in [3.05, 3.63) is 64.2 Å². The molecule has 8 nitrogen and oxygen atoms in total. The smallest absolute Gasteiger partial charge is 0.310 e. The van der Waals surface area contributed by atoms with E-state index < -0.39 is 17.4 Å². The van der Waals surface area contributed by atoms with Gasteiger partial charge < -0.3 is 9.84 Å². The first-order valence-electron chi connectivity index (χ1n) is 6.96. The molecule has 0 atom stereocenters. The van der Waals surface area contributed by atoms with E-state index in [-0.39, 0.29) is 17.2 Å². The first kappa shape index (κ1) is 16.9. The number of nitrogens with one attached hydrogen (secondary N) is 1. The number of hydrogen-bond donors (Lipinski definition) is 2. The molecule has 0 aliphatic heterocycles. The minimum Gasteiger partial charge on any atom is -0.508 e. The Hall–Kier alpha value is -3.42. The third-order valence-corrected chi connectivity index (χ3v) is 3.05. The number of rotatable bonds is 6. The highest BCUT2D eigenvalue weighted by Crippen LogP contribution is 2.25. The van der Waals surface area contributed by atoms with Crippen LogP contribution in [0.25, 0.3) is 0 Å². The quantitative estimate of drug-likeness (QED) is 0.479. The second-order valence-corrected chi connectivity index (χ2v) is 4.79. The van der Waals surface area contributed by atoms with Crippen LogP contribution in [0.2, 0.25) is 0 Å². The second kappa shape index (κ2) is 7.73. The Morgan fingerprint density at radius 1 is 1.25 bits per heavy atom. The van der Waals surface area contributed by atoms with Crippen molar-refractivity contribution in [3.63, 3.8) is 0 Å². The maximum atomic E-state index is 11.7. The maximum absolute atomic E-state index is 11.7. The highest BCUT2D eigenvalue weighted by molar-refractivity contribution is 5.99. The highest BCUT2D eigenvalue weighted by atomic mass is 16.6. The molecule has 0 aromatic heterocycles. The fourth-order valence-electron chi connectivity index (χ4n) is 1.82. The number of benzene rings is 2. The topological polar surface area (TPSA) is 114 Å². The van der Waals surface area contributed by atoms with Crippen molar-refractivity contribution < 1.29 is 19.6 Å². The second-order valence-electron chi connectivity index (χ2n) is 4.79. The largest absolute Gasteiger partial charge is 0.508 e. The molecule has 0 heterocycles. The average Bonchev–Trinajstić information content (AvgIpc) is 2.58. The summed E-state index contributed by atoms with van der Waals surface area (Å²) in [4.78, 5) is 22.0. The normalized spacial score (nSPS) is 11.0. The molecular weight excluding hydrogens is 314 g/mol. The van der Waals surface area contributed by atoms with E-state index in [1.807, 2.05) is 0 Å². The molecular formula is C16H15N3O5. The van der Waals surface area contributed by atoms with Crippen LogP contribution in [0.3, 0.4) is 0 Å². The number of para-hydroxylation sites is 2. The van der Waals surface area contributed by atoms with Gasteiger partial charge in [-0.3, -0.25) is 14.9 Å². The van der Waals surface area contributed by atoms with Crippen LogP contribution in [0.1, 0.15) is 12.5 Å². The van der Waals surface area contributed by atoms with Gasteiger partial charge in [-0.15, -0.1) is 0 Å². The summed E-state index contributed by atoms with van der Waals surface area (Å²) >= 11 is 0. The predicted octanol–water partition coefficient (Wildman–Crippen LogP) is 2.22.